The Hall–Kier alpha value is -3.19. The van der Waals surface area contributed by atoms with E-state index in [1.165, 1.54) is 11.3 Å². The molecule has 3 aromatic heterocycles. The highest BCUT2D eigenvalue weighted by Crippen LogP contribution is 2.29. The maximum Gasteiger partial charge on any atom is 0.339 e. The van der Waals surface area contributed by atoms with Crippen LogP contribution in [0.2, 0.25) is 0 Å². The second kappa shape index (κ2) is 7.82. The SMILES string of the molecule is Cc1ccc(OCCOC(=O)c2cc(-c3cccs3)nc3onc(C)c23)cc1. The molecule has 0 aliphatic carbocycles. The number of fused-ring (bicyclic) bond motifs is 1. The molecule has 0 atom stereocenters. The van der Waals surface area contributed by atoms with E-state index in [-0.39, 0.29) is 13.2 Å². The average molecular weight is 394 g/mol. The summed E-state index contributed by atoms with van der Waals surface area (Å²) in [5.41, 5.74) is 3.13. The predicted octanol–water partition coefficient (Wildman–Crippen LogP) is 4.80. The summed E-state index contributed by atoms with van der Waals surface area (Å²) >= 11 is 1.54. The fraction of sp³-hybridized carbons (Fsp3) is 0.190. The molecule has 4 rings (SSSR count). The summed E-state index contributed by atoms with van der Waals surface area (Å²) in [7, 11) is 0. The van der Waals surface area contributed by atoms with Gasteiger partial charge in [0, 0.05) is 0 Å². The number of carbonyl (C=O) groups is 1. The van der Waals surface area contributed by atoms with E-state index in [2.05, 4.69) is 10.1 Å². The Morgan fingerprint density at radius 1 is 1.14 bits per heavy atom. The lowest BCUT2D eigenvalue weighted by atomic mass is 10.1. The molecule has 28 heavy (non-hydrogen) atoms. The predicted molar refractivity (Wildman–Crippen MR) is 107 cm³/mol. The molecule has 0 saturated carbocycles. The first-order valence-corrected chi connectivity index (χ1v) is 9.67. The highest BCUT2D eigenvalue weighted by Gasteiger charge is 2.20. The summed E-state index contributed by atoms with van der Waals surface area (Å²) in [6.45, 7) is 4.19. The van der Waals surface area contributed by atoms with Crippen molar-refractivity contribution in [2.45, 2.75) is 13.8 Å². The van der Waals surface area contributed by atoms with Gasteiger partial charge in [-0.25, -0.2) is 9.78 Å². The monoisotopic (exact) mass is 394 g/mol. The van der Waals surface area contributed by atoms with Crippen LogP contribution in [0.4, 0.5) is 0 Å². The van der Waals surface area contributed by atoms with E-state index in [1.807, 2.05) is 48.7 Å². The maximum atomic E-state index is 12.7. The molecule has 142 valence electrons. The van der Waals surface area contributed by atoms with Gasteiger partial charge in [0.1, 0.15) is 19.0 Å². The summed E-state index contributed by atoms with van der Waals surface area (Å²) in [5.74, 6) is 0.284. The summed E-state index contributed by atoms with van der Waals surface area (Å²) in [5, 5.41) is 6.46. The fourth-order valence-corrected chi connectivity index (χ4v) is 3.50. The zero-order valence-electron chi connectivity index (χ0n) is 15.5. The normalized spacial score (nSPS) is 10.9. The van der Waals surface area contributed by atoms with Crippen LogP contribution >= 0.6 is 11.3 Å². The highest BCUT2D eigenvalue weighted by molar-refractivity contribution is 7.13. The molecular formula is C21H18N2O4S. The fourth-order valence-electron chi connectivity index (χ4n) is 2.81. The molecule has 7 heteroatoms. The molecular weight excluding hydrogens is 376 g/mol. The summed E-state index contributed by atoms with van der Waals surface area (Å²) in [6.07, 6.45) is 0. The summed E-state index contributed by atoms with van der Waals surface area (Å²) in [4.78, 5) is 18.1. The van der Waals surface area contributed by atoms with Crippen LogP contribution < -0.4 is 4.74 Å². The third-order valence-electron chi connectivity index (χ3n) is 4.22. The quantitative estimate of drug-likeness (QED) is 0.345. The Morgan fingerprint density at radius 3 is 2.71 bits per heavy atom. The molecule has 0 fully saturated rings. The minimum absolute atomic E-state index is 0.134. The van der Waals surface area contributed by atoms with Crippen LogP contribution in [0.25, 0.3) is 21.7 Å². The van der Waals surface area contributed by atoms with Gasteiger partial charge in [0.15, 0.2) is 0 Å². The van der Waals surface area contributed by atoms with E-state index < -0.39 is 5.97 Å². The van der Waals surface area contributed by atoms with Gasteiger partial charge >= 0.3 is 5.97 Å². The first-order chi connectivity index (χ1) is 13.6. The van der Waals surface area contributed by atoms with Gasteiger partial charge in [-0.15, -0.1) is 11.3 Å². The van der Waals surface area contributed by atoms with Gasteiger partial charge < -0.3 is 14.0 Å². The smallest absolute Gasteiger partial charge is 0.339 e. The summed E-state index contributed by atoms with van der Waals surface area (Å²) in [6, 6.07) is 13.3. The lowest BCUT2D eigenvalue weighted by molar-refractivity contribution is 0.0452. The zero-order chi connectivity index (χ0) is 19.5. The van der Waals surface area contributed by atoms with Crippen LogP contribution in [-0.2, 0) is 4.74 Å². The minimum atomic E-state index is -0.455. The van der Waals surface area contributed by atoms with Crippen molar-refractivity contribution >= 4 is 28.4 Å². The Balaban J connectivity index is 1.50. The largest absolute Gasteiger partial charge is 0.490 e. The molecule has 0 radical (unpaired) electrons. The standard InChI is InChI=1S/C21H18N2O4S/c1-13-5-7-15(8-6-13)25-9-10-26-21(24)16-12-17(18-4-3-11-28-18)22-20-19(16)14(2)23-27-20/h3-8,11-12H,9-10H2,1-2H3. The van der Waals surface area contributed by atoms with Crippen LogP contribution in [0.3, 0.4) is 0 Å². The van der Waals surface area contributed by atoms with E-state index in [0.29, 0.717) is 28.1 Å². The number of ether oxygens (including phenoxy) is 2. The molecule has 0 N–H and O–H groups in total. The Labute approximate surface area is 165 Å². The third-order valence-corrected chi connectivity index (χ3v) is 5.11. The molecule has 6 nitrogen and oxygen atoms in total. The molecule has 0 spiro atoms. The van der Waals surface area contributed by atoms with Gasteiger partial charge in [-0.3, -0.25) is 0 Å². The molecule has 0 saturated heterocycles. The number of benzene rings is 1. The highest BCUT2D eigenvalue weighted by atomic mass is 32.1. The molecule has 0 unspecified atom stereocenters. The molecule has 3 heterocycles. The van der Waals surface area contributed by atoms with Gasteiger partial charge in [0.05, 0.1) is 27.2 Å². The second-order valence-corrected chi connectivity index (χ2v) is 7.23. The van der Waals surface area contributed by atoms with Crippen LogP contribution in [0.5, 0.6) is 5.75 Å². The first kappa shape index (κ1) is 18.2. The summed E-state index contributed by atoms with van der Waals surface area (Å²) < 4.78 is 16.3. The number of carbonyl (C=O) groups excluding carboxylic acids is 1. The number of pyridine rings is 1. The molecule has 4 aromatic rings. The molecule has 1 aromatic carbocycles. The van der Waals surface area contributed by atoms with Crippen LogP contribution in [-0.4, -0.2) is 29.3 Å². The number of hydrogen-bond donors (Lipinski definition) is 0. The number of rotatable bonds is 6. The van der Waals surface area contributed by atoms with Gasteiger partial charge in [0.25, 0.3) is 5.71 Å². The lowest BCUT2D eigenvalue weighted by Gasteiger charge is -2.09. The van der Waals surface area contributed by atoms with Crippen molar-refractivity contribution < 1.29 is 18.8 Å². The van der Waals surface area contributed by atoms with Crippen LogP contribution in [0, 0.1) is 13.8 Å². The van der Waals surface area contributed by atoms with Crippen LogP contribution in [0.1, 0.15) is 21.6 Å². The van der Waals surface area contributed by atoms with E-state index in [0.717, 1.165) is 16.2 Å². The van der Waals surface area contributed by atoms with Crippen molar-refractivity contribution in [3.63, 3.8) is 0 Å². The third kappa shape index (κ3) is 3.75. The molecule has 0 bridgehead atoms. The van der Waals surface area contributed by atoms with Gasteiger partial charge in [0.2, 0.25) is 0 Å². The number of esters is 1. The van der Waals surface area contributed by atoms with Crippen molar-refractivity contribution in [1.29, 1.82) is 0 Å². The molecule has 0 amide bonds. The Morgan fingerprint density at radius 2 is 1.96 bits per heavy atom. The Bertz CT molecular complexity index is 1100. The number of thiophene rings is 1. The van der Waals surface area contributed by atoms with Gasteiger partial charge in [-0.05, 0) is 43.5 Å². The van der Waals surface area contributed by atoms with Crippen molar-refractivity contribution in [1.82, 2.24) is 10.1 Å². The van der Waals surface area contributed by atoms with Crippen molar-refractivity contribution in [3.8, 4) is 16.3 Å². The molecule has 0 aliphatic heterocycles. The second-order valence-electron chi connectivity index (χ2n) is 6.28. The van der Waals surface area contributed by atoms with Crippen molar-refractivity contribution in [2.24, 2.45) is 0 Å². The average Bonchev–Trinajstić information content (AvgIpc) is 3.36. The zero-order valence-corrected chi connectivity index (χ0v) is 16.3. The van der Waals surface area contributed by atoms with Crippen LogP contribution in [0.15, 0.2) is 52.4 Å². The molecule has 0 aliphatic rings. The van der Waals surface area contributed by atoms with Gasteiger partial charge in [-0.1, -0.05) is 28.9 Å². The first-order valence-electron chi connectivity index (χ1n) is 8.79. The number of hydrogen-bond acceptors (Lipinski definition) is 7. The van der Waals surface area contributed by atoms with E-state index >= 15 is 0 Å². The number of aromatic nitrogens is 2. The maximum absolute atomic E-state index is 12.7. The van der Waals surface area contributed by atoms with E-state index in [4.69, 9.17) is 14.0 Å². The number of aryl methyl sites for hydroxylation is 2. The number of nitrogens with zero attached hydrogens (tertiary/aromatic N) is 2. The van der Waals surface area contributed by atoms with E-state index in [1.54, 1.807) is 13.0 Å². The van der Waals surface area contributed by atoms with Crippen molar-refractivity contribution in [3.05, 3.63) is 64.7 Å². The minimum Gasteiger partial charge on any atom is -0.490 e. The van der Waals surface area contributed by atoms with Gasteiger partial charge in [-0.2, -0.15) is 0 Å². The topological polar surface area (TPSA) is 74.5 Å². The van der Waals surface area contributed by atoms with E-state index in [9.17, 15) is 4.79 Å². The lowest BCUT2D eigenvalue weighted by Crippen LogP contribution is -2.13. The van der Waals surface area contributed by atoms with Crippen molar-refractivity contribution in [2.75, 3.05) is 13.2 Å². The Kier molecular flexibility index (Phi) is 5.08.